The van der Waals surface area contributed by atoms with Crippen molar-refractivity contribution in [1.82, 2.24) is 5.32 Å². The Balaban J connectivity index is 2.55. The second-order valence-electron chi connectivity index (χ2n) is 9.15. The maximum absolute atomic E-state index is 12.0. The molecule has 0 radical (unpaired) electrons. The van der Waals surface area contributed by atoms with Gasteiger partial charge < -0.3 is 10.1 Å². The van der Waals surface area contributed by atoms with Crippen LogP contribution in [0.3, 0.4) is 0 Å². The van der Waals surface area contributed by atoms with Crippen LogP contribution in [-0.4, -0.2) is 30.9 Å². The predicted molar refractivity (Wildman–Crippen MR) is 138 cm³/mol. The summed E-state index contributed by atoms with van der Waals surface area (Å²) in [5.41, 5.74) is 5.66. The van der Waals surface area contributed by atoms with Crippen molar-refractivity contribution in [2.24, 2.45) is 5.41 Å². The zero-order chi connectivity index (χ0) is 23.3. The largest absolute Gasteiger partial charge is 0.465 e. The van der Waals surface area contributed by atoms with Crippen LogP contribution in [-0.2, 0) is 9.53 Å². The molecule has 174 valence electrons. The van der Waals surface area contributed by atoms with Crippen molar-refractivity contribution in [2.75, 3.05) is 18.9 Å². The minimum atomic E-state index is -0.373. The van der Waals surface area contributed by atoms with Crippen LogP contribution in [0, 0.1) is 5.41 Å². The number of rotatable bonds is 12. The Kier molecular flexibility index (Phi) is 12.9. The number of thiol groups is 1. The van der Waals surface area contributed by atoms with Crippen LogP contribution in [0.1, 0.15) is 73.6 Å². The van der Waals surface area contributed by atoms with Crippen molar-refractivity contribution in [2.45, 2.75) is 79.7 Å². The van der Waals surface area contributed by atoms with E-state index in [0.717, 1.165) is 18.4 Å². The Morgan fingerprint density at radius 3 is 2.65 bits per heavy atom. The van der Waals surface area contributed by atoms with Gasteiger partial charge in [0.25, 0.3) is 0 Å². The van der Waals surface area contributed by atoms with Gasteiger partial charge in [-0.3, -0.25) is 4.79 Å². The van der Waals surface area contributed by atoms with Crippen molar-refractivity contribution in [3.8, 4) is 0 Å². The minimum absolute atomic E-state index is 0.220. The normalized spacial score (nSPS) is 18.8. The van der Waals surface area contributed by atoms with Gasteiger partial charge in [-0.25, -0.2) is 0 Å². The monoisotopic (exact) mass is 445 g/mol. The Hall–Kier alpha value is -1.52. The van der Waals surface area contributed by atoms with E-state index in [1.54, 1.807) is 0 Å². The quantitative estimate of drug-likeness (QED) is 0.151. The number of unbranched alkanes of at least 4 members (excludes halogenated alkanes) is 1. The first kappa shape index (κ1) is 27.5. The van der Waals surface area contributed by atoms with Gasteiger partial charge in [0.1, 0.15) is 6.04 Å². The topological polar surface area (TPSA) is 38.3 Å². The lowest BCUT2D eigenvalue weighted by Crippen LogP contribution is -2.39. The number of nitrogens with one attached hydrogen (secondary N) is 1. The fraction of sp³-hybridized carbons (Fsp3) is 0.593. The summed E-state index contributed by atoms with van der Waals surface area (Å²) in [7, 11) is 0. The zero-order valence-electron chi connectivity index (χ0n) is 20.5. The Bertz CT molecular complexity index is 726. The average Bonchev–Trinajstić information content (AvgIpc) is 2.70. The highest BCUT2D eigenvalue weighted by molar-refractivity contribution is 7.80. The number of carbonyl (C=O) groups is 1. The average molecular weight is 446 g/mol. The summed E-state index contributed by atoms with van der Waals surface area (Å²) in [6, 6.07) is -0.373. The van der Waals surface area contributed by atoms with Crippen LogP contribution in [0.25, 0.3) is 0 Å². The number of carbonyl (C=O) groups excluding carboxylic acids is 1. The summed E-state index contributed by atoms with van der Waals surface area (Å²) < 4.78 is 5.27. The first-order valence-electron chi connectivity index (χ1n) is 11.6. The van der Waals surface area contributed by atoms with Gasteiger partial charge in [0, 0.05) is 12.3 Å². The molecule has 1 rings (SSSR count). The van der Waals surface area contributed by atoms with Gasteiger partial charge in [0.05, 0.1) is 6.61 Å². The summed E-state index contributed by atoms with van der Waals surface area (Å²) in [6.45, 7) is 14.3. The molecule has 0 saturated carbocycles. The summed E-state index contributed by atoms with van der Waals surface area (Å²) in [5, 5.41) is 3.20. The van der Waals surface area contributed by atoms with Crippen LogP contribution in [0.4, 0.5) is 0 Å². The minimum Gasteiger partial charge on any atom is -0.465 e. The molecule has 0 heterocycles. The van der Waals surface area contributed by atoms with Crippen LogP contribution < -0.4 is 5.32 Å². The lowest BCUT2D eigenvalue weighted by Gasteiger charge is -2.32. The number of hydrogen-bond donors (Lipinski definition) is 2. The molecular formula is C27H43NO2S. The van der Waals surface area contributed by atoms with Crippen LogP contribution in [0.2, 0.25) is 0 Å². The van der Waals surface area contributed by atoms with Gasteiger partial charge in [0.2, 0.25) is 0 Å². The molecule has 0 aromatic carbocycles. The van der Waals surface area contributed by atoms with E-state index >= 15 is 0 Å². The van der Waals surface area contributed by atoms with Gasteiger partial charge in [-0.05, 0) is 57.4 Å². The van der Waals surface area contributed by atoms with Gasteiger partial charge in [-0.1, -0.05) is 80.4 Å². The van der Waals surface area contributed by atoms with Crippen LogP contribution in [0.15, 0.2) is 58.7 Å². The third kappa shape index (κ3) is 10.6. The lowest BCUT2D eigenvalue weighted by molar-refractivity contribution is -0.145. The third-order valence-corrected chi connectivity index (χ3v) is 6.14. The predicted octanol–water partition coefficient (Wildman–Crippen LogP) is 6.75. The van der Waals surface area contributed by atoms with Crippen LogP contribution >= 0.6 is 12.6 Å². The van der Waals surface area contributed by atoms with E-state index in [4.69, 9.17) is 4.74 Å². The Morgan fingerprint density at radius 1 is 1.26 bits per heavy atom. The highest BCUT2D eigenvalue weighted by Gasteiger charge is 2.26. The second-order valence-corrected chi connectivity index (χ2v) is 9.51. The zero-order valence-corrected chi connectivity index (χ0v) is 21.4. The Morgan fingerprint density at radius 2 is 2.00 bits per heavy atom. The molecule has 1 N–H and O–H groups in total. The molecule has 1 atom stereocenters. The fourth-order valence-electron chi connectivity index (χ4n) is 3.70. The molecule has 0 fully saturated rings. The summed E-state index contributed by atoms with van der Waals surface area (Å²) in [5.74, 6) is 0.205. The second kappa shape index (κ2) is 14.5. The molecule has 0 bridgehead atoms. The molecule has 0 amide bonds. The number of hydrogen-bond acceptors (Lipinski definition) is 4. The van der Waals surface area contributed by atoms with E-state index in [0.29, 0.717) is 18.9 Å². The van der Waals surface area contributed by atoms with E-state index in [1.165, 1.54) is 36.0 Å². The molecule has 0 spiro atoms. The van der Waals surface area contributed by atoms with E-state index < -0.39 is 0 Å². The van der Waals surface area contributed by atoms with E-state index in [9.17, 15) is 4.79 Å². The molecule has 4 heteroatoms. The van der Waals surface area contributed by atoms with Crippen molar-refractivity contribution in [1.29, 1.82) is 0 Å². The SMILES string of the molecule is CCCCOC(=O)[C@H](CS)NC/C=C(/C)C=CC=C(C)C=CC1=C(C)CCCC1(C)C. The number of esters is 1. The molecule has 0 unspecified atom stereocenters. The maximum Gasteiger partial charge on any atom is 0.323 e. The number of ether oxygens (including phenoxy) is 1. The number of allylic oxidation sites excluding steroid dienone is 9. The molecule has 1 aliphatic carbocycles. The first-order valence-corrected chi connectivity index (χ1v) is 12.3. The molecule has 31 heavy (non-hydrogen) atoms. The van der Waals surface area contributed by atoms with E-state index in [2.05, 4.69) is 95.9 Å². The third-order valence-electron chi connectivity index (χ3n) is 5.77. The molecule has 0 aliphatic heterocycles. The van der Waals surface area contributed by atoms with Crippen molar-refractivity contribution < 1.29 is 9.53 Å². The van der Waals surface area contributed by atoms with Gasteiger partial charge >= 0.3 is 5.97 Å². The van der Waals surface area contributed by atoms with E-state index in [-0.39, 0.29) is 17.4 Å². The molecule has 0 saturated heterocycles. The summed E-state index contributed by atoms with van der Waals surface area (Å²) in [4.78, 5) is 12.0. The first-order chi connectivity index (χ1) is 14.7. The molecule has 3 nitrogen and oxygen atoms in total. The van der Waals surface area contributed by atoms with Crippen molar-refractivity contribution in [3.05, 3.63) is 58.7 Å². The molecule has 0 aromatic heterocycles. The molecular weight excluding hydrogens is 402 g/mol. The molecule has 0 aromatic rings. The highest BCUT2D eigenvalue weighted by Crippen LogP contribution is 2.40. The molecule has 1 aliphatic rings. The van der Waals surface area contributed by atoms with Crippen molar-refractivity contribution >= 4 is 18.6 Å². The maximum atomic E-state index is 12.0. The van der Waals surface area contributed by atoms with Gasteiger partial charge in [-0.15, -0.1) is 0 Å². The smallest absolute Gasteiger partial charge is 0.323 e. The summed E-state index contributed by atoms with van der Waals surface area (Å²) in [6.07, 6.45) is 18.6. The van der Waals surface area contributed by atoms with Gasteiger partial charge in [0.15, 0.2) is 0 Å². The highest BCUT2D eigenvalue weighted by atomic mass is 32.1. The standard InChI is InChI=1S/C27H43NO2S/c1-7-8-19-30-26(29)25(20-31)28-18-16-22(3)12-9-11-21(2)14-15-24-23(4)13-10-17-27(24,5)6/h9,11-12,14-16,25,28,31H,7-8,10,13,17-20H2,1-6H3/b12-9?,15-14?,21-11?,22-16-/t25-/m0/s1. The summed E-state index contributed by atoms with van der Waals surface area (Å²) >= 11 is 4.26. The van der Waals surface area contributed by atoms with Crippen LogP contribution in [0.5, 0.6) is 0 Å². The van der Waals surface area contributed by atoms with Crippen molar-refractivity contribution in [3.63, 3.8) is 0 Å². The Labute approximate surface area is 196 Å². The lowest BCUT2D eigenvalue weighted by atomic mass is 9.72. The fourth-order valence-corrected chi connectivity index (χ4v) is 3.98. The van der Waals surface area contributed by atoms with E-state index in [1.807, 2.05) is 0 Å². The van der Waals surface area contributed by atoms with Gasteiger partial charge in [-0.2, -0.15) is 12.6 Å².